The monoisotopic (exact) mass is 220 g/mol. The van der Waals surface area contributed by atoms with Gasteiger partial charge in [0.15, 0.2) is 0 Å². The van der Waals surface area contributed by atoms with Crippen LogP contribution in [0.4, 0.5) is 0 Å². The number of H-pyrrole nitrogens is 1. The largest absolute Gasteiger partial charge is 0.501 e. The summed E-state index contributed by atoms with van der Waals surface area (Å²) in [6.07, 6.45) is 6.24. The molecule has 0 aromatic carbocycles. The van der Waals surface area contributed by atoms with Crippen molar-refractivity contribution >= 4 is 28.2 Å². The van der Waals surface area contributed by atoms with Gasteiger partial charge in [-0.3, -0.25) is 0 Å². The number of nitrogens with one attached hydrogen (secondary N) is 1. The van der Waals surface area contributed by atoms with Gasteiger partial charge in [0.25, 0.3) is 0 Å². The zero-order valence-electron chi connectivity index (χ0n) is 7.96. The summed E-state index contributed by atoms with van der Waals surface area (Å²) < 4.78 is 5.24. The predicted octanol–water partition coefficient (Wildman–Crippen LogP) is 2.98. The van der Waals surface area contributed by atoms with E-state index >= 15 is 0 Å². The highest BCUT2D eigenvalue weighted by Crippen LogP contribution is 2.33. The topological polar surface area (TPSA) is 37.9 Å². The van der Waals surface area contributed by atoms with Crippen molar-refractivity contribution in [1.29, 1.82) is 0 Å². The second-order valence-corrected chi connectivity index (χ2v) is 3.89. The summed E-state index contributed by atoms with van der Waals surface area (Å²) in [7, 11) is 0. The first-order valence-corrected chi connectivity index (χ1v) is 5.16. The Morgan fingerprint density at radius 2 is 2.40 bits per heavy atom. The molecule has 1 aliphatic rings. The Morgan fingerprint density at radius 3 is 3.20 bits per heavy atom. The van der Waals surface area contributed by atoms with Crippen molar-refractivity contribution in [2.24, 2.45) is 0 Å². The van der Waals surface area contributed by atoms with Crippen LogP contribution >= 0.6 is 11.6 Å². The van der Waals surface area contributed by atoms with Crippen LogP contribution in [-0.2, 0) is 4.74 Å². The van der Waals surface area contributed by atoms with Gasteiger partial charge in [0.05, 0.1) is 17.9 Å². The molecule has 0 saturated heterocycles. The van der Waals surface area contributed by atoms with E-state index in [1.54, 1.807) is 12.5 Å². The highest BCUT2D eigenvalue weighted by Gasteiger charge is 2.15. The summed E-state index contributed by atoms with van der Waals surface area (Å²) in [5.41, 5.74) is 3.05. The maximum Gasteiger partial charge on any atom is 0.137 e. The van der Waals surface area contributed by atoms with E-state index in [4.69, 9.17) is 16.3 Å². The average molecular weight is 221 g/mol. The molecule has 0 amide bonds. The number of aromatic amines is 1. The summed E-state index contributed by atoms with van der Waals surface area (Å²) in [6, 6.07) is 1.99. The fourth-order valence-electron chi connectivity index (χ4n) is 1.88. The lowest BCUT2D eigenvalue weighted by atomic mass is 10.0. The molecule has 15 heavy (non-hydrogen) atoms. The minimum absolute atomic E-state index is 0.679. The number of halogens is 1. The molecule has 3 nitrogen and oxygen atoms in total. The first kappa shape index (κ1) is 8.80. The molecule has 1 aliphatic heterocycles. The standard InChI is InChI=1S/C11H9ClN2O/c12-9-5-14-11-8(1-3-13-11)10(9)7-2-4-15-6-7/h1,3,5-6H,2,4H2,(H,13,14). The average Bonchev–Trinajstić information content (AvgIpc) is 2.85. The van der Waals surface area contributed by atoms with Crippen LogP contribution in [0.25, 0.3) is 16.6 Å². The van der Waals surface area contributed by atoms with E-state index in [1.165, 1.54) is 0 Å². The second kappa shape index (κ2) is 3.28. The number of pyridine rings is 1. The highest BCUT2D eigenvalue weighted by molar-refractivity contribution is 6.33. The summed E-state index contributed by atoms with van der Waals surface area (Å²) in [5.74, 6) is 0. The second-order valence-electron chi connectivity index (χ2n) is 3.48. The number of nitrogens with zero attached hydrogens (tertiary/aromatic N) is 1. The Balaban J connectivity index is 2.30. The molecule has 0 radical (unpaired) electrons. The smallest absolute Gasteiger partial charge is 0.137 e. The van der Waals surface area contributed by atoms with Gasteiger partial charge >= 0.3 is 0 Å². The molecule has 3 heterocycles. The van der Waals surface area contributed by atoms with Crippen molar-refractivity contribution in [3.05, 3.63) is 35.3 Å². The Kier molecular flexibility index (Phi) is 1.92. The quantitative estimate of drug-likeness (QED) is 0.802. The van der Waals surface area contributed by atoms with E-state index in [1.807, 2.05) is 12.3 Å². The van der Waals surface area contributed by atoms with E-state index in [-0.39, 0.29) is 0 Å². The minimum atomic E-state index is 0.679. The van der Waals surface area contributed by atoms with Crippen LogP contribution < -0.4 is 0 Å². The molecule has 2 aromatic rings. The van der Waals surface area contributed by atoms with Gasteiger partial charge in [-0.25, -0.2) is 4.98 Å². The lowest BCUT2D eigenvalue weighted by molar-refractivity contribution is 0.281. The molecule has 0 fully saturated rings. The summed E-state index contributed by atoms with van der Waals surface area (Å²) in [4.78, 5) is 7.29. The maximum atomic E-state index is 6.17. The molecule has 4 heteroatoms. The normalized spacial score (nSPS) is 15.4. The molecule has 1 N–H and O–H groups in total. The molecule has 0 bridgehead atoms. The Morgan fingerprint density at radius 1 is 1.47 bits per heavy atom. The lowest BCUT2D eigenvalue weighted by Crippen LogP contribution is -1.88. The van der Waals surface area contributed by atoms with Gasteiger partial charge in [0.1, 0.15) is 5.65 Å². The van der Waals surface area contributed by atoms with Gasteiger partial charge in [0.2, 0.25) is 0 Å². The van der Waals surface area contributed by atoms with E-state index in [2.05, 4.69) is 9.97 Å². The summed E-state index contributed by atoms with van der Waals surface area (Å²) in [5, 5.41) is 1.73. The molecule has 0 atom stereocenters. The van der Waals surface area contributed by atoms with Gasteiger partial charge in [-0.2, -0.15) is 0 Å². The number of ether oxygens (including phenoxy) is 1. The van der Waals surface area contributed by atoms with Crippen molar-refractivity contribution in [3.8, 4) is 0 Å². The molecule has 0 unspecified atom stereocenters. The Bertz CT molecular complexity index is 545. The van der Waals surface area contributed by atoms with Crippen LogP contribution in [0.3, 0.4) is 0 Å². The molecule has 76 valence electrons. The molecular weight excluding hydrogens is 212 g/mol. The van der Waals surface area contributed by atoms with Crippen LogP contribution in [0, 0.1) is 0 Å². The van der Waals surface area contributed by atoms with E-state index in [0.717, 1.165) is 35.2 Å². The molecule has 3 rings (SSSR count). The van der Waals surface area contributed by atoms with E-state index < -0.39 is 0 Å². The molecule has 0 saturated carbocycles. The Hall–Kier alpha value is -1.48. The number of aromatic nitrogens is 2. The van der Waals surface area contributed by atoms with Gasteiger partial charge in [0, 0.05) is 29.8 Å². The predicted molar refractivity (Wildman–Crippen MR) is 59.6 cm³/mol. The minimum Gasteiger partial charge on any atom is -0.501 e. The first-order chi connectivity index (χ1) is 7.36. The van der Waals surface area contributed by atoms with Crippen LogP contribution in [0.15, 0.2) is 24.7 Å². The number of hydrogen-bond acceptors (Lipinski definition) is 2. The molecule has 0 spiro atoms. The fourth-order valence-corrected chi connectivity index (χ4v) is 2.15. The number of rotatable bonds is 1. The van der Waals surface area contributed by atoms with Gasteiger partial charge in [-0.05, 0) is 11.6 Å². The van der Waals surface area contributed by atoms with Gasteiger partial charge < -0.3 is 9.72 Å². The molecule has 2 aromatic heterocycles. The zero-order chi connectivity index (χ0) is 10.3. The van der Waals surface area contributed by atoms with E-state index in [0.29, 0.717) is 5.02 Å². The van der Waals surface area contributed by atoms with Gasteiger partial charge in [-0.1, -0.05) is 11.6 Å². The lowest BCUT2D eigenvalue weighted by Gasteiger charge is -2.04. The van der Waals surface area contributed by atoms with E-state index in [9.17, 15) is 0 Å². The highest BCUT2D eigenvalue weighted by atomic mass is 35.5. The summed E-state index contributed by atoms with van der Waals surface area (Å²) >= 11 is 6.17. The van der Waals surface area contributed by atoms with Crippen LogP contribution in [0.5, 0.6) is 0 Å². The SMILES string of the molecule is Clc1cnc2[nH]ccc2c1C1=COCC1. The fraction of sp³-hybridized carbons (Fsp3) is 0.182. The molecular formula is C11H9ClN2O. The maximum absolute atomic E-state index is 6.17. The van der Waals surface area contributed by atoms with Crippen molar-refractivity contribution in [2.75, 3.05) is 6.61 Å². The van der Waals surface area contributed by atoms with Crippen molar-refractivity contribution in [1.82, 2.24) is 9.97 Å². The van der Waals surface area contributed by atoms with Crippen molar-refractivity contribution in [2.45, 2.75) is 6.42 Å². The third-order valence-electron chi connectivity index (χ3n) is 2.58. The zero-order valence-corrected chi connectivity index (χ0v) is 8.71. The van der Waals surface area contributed by atoms with Crippen LogP contribution in [0.2, 0.25) is 5.02 Å². The Labute approximate surface area is 91.7 Å². The first-order valence-electron chi connectivity index (χ1n) is 4.79. The summed E-state index contributed by atoms with van der Waals surface area (Å²) in [6.45, 7) is 0.736. The van der Waals surface area contributed by atoms with Crippen LogP contribution in [-0.4, -0.2) is 16.6 Å². The van der Waals surface area contributed by atoms with Gasteiger partial charge in [-0.15, -0.1) is 0 Å². The van der Waals surface area contributed by atoms with Crippen molar-refractivity contribution in [3.63, 3.8) is 0 Å². The number of fused-ring (bicyclic) bond motifs is 1. The molecule has 0 aliphatic carbocycles. The van der Waals surface area contributed by atoms with Crippen molar-refractivity contribution < 1.29 is 4.74 Å². The third kappa shape index (κ3) is 1.31. The third-order valence-corrected chi connectivity index (χ3v) is 2.86. The van der Waals surface area contributed by atoms with Crippen LogP contribution in [0.1, 0.15) is 12.0 Å². The number of hydrogen-bond donors (Lipinski definition) is 1.